The number of carboxylic acid groups (broad SMARTS) is 1. The van der Waals surface area contributed by atoms with Crippen molar-refractivity contribution in [2.24, 2.45) is 0 Å². The van der Waals surface area contributed by atoms with E-state index in [1.165, 1.54) is 12.4 Å². The van der Waals surface area contributed by atoms with Gasteiger partial charge in [0.2, 0.25) is 0 Å². The van der Waals surface area contributed by atoms with E-state index in [0.717, 1.165) is 22.5 Å². The third-order valence-electron chi connectivity index (χ3n) is 2.11. The lowest BCUT2D eigenvalue weighted by molar-refractivity contribution is -0.131. The van der Waals surface area contributed by atoms with Gasteiger partial charge in [-0.1, -0.05) is 6.07 Å². The highest BCUT2D eigenvalue weighted by atomic mass is 16.4. The van der Waals surface area contributed by atoms with Crippen molar-refractivity contribution in [3.05, 3.63) is 36.2 Å². The van der Waals surface area contributed by atoms with Gasteiger partial charge in [0.15, 0.2) is 0 Å². The highest BCUT2D eigenvalue weighted by Crippen LogP contribution is 2.18. The molecular weight excluding hydrogens is 206 g/mol. The van der Waals surface area contributed by atoms with Crippen molar-refractivity contribution in [3.8, 4) is 0 Å². The van der Waals surface area contributed by atoms with E-state index in [1.807, 2.05) is 0 Å². The molecule has 0 aliphatic carbocycles. The zero-order valence-corrected chi connectivity index (χ0v) is 8.29. The molecule has 1 aromatic carbocycles. The van der Waals surface area contributed by atoms with Crippen LogP contribution in [0.25, 0.3) is 17.0 Å². The zero-order chi connectivity index (χ0) is 11.5. The van der Waals surface area contributed by atoms with Gasteiger partial charge < -0.3 is 10.8 Å². The minimum atomic E-state index is -0.989. The number of nitrogens with two attached hydrogens (primary N) is 1. The number of carboxylic acids is 1. The number of carbonyl (C=O) groups is 1. The maximum atomic E-state index is 10.4. The summed E-state index contributed by atoms with van der Waals surface area (Å²) in [6, 6.07) is 5.30. The summed E-state index contributed by atoms with van der Waals surface area (Å²) in [4.78, 5) is 18.3. The number of fused-ring (bicyclic) bond motifs is 1. The second-order valence-electron chi connectivity index (χ2n) is 3.21. The van der Waals surface area contributed by atoms with Gasteiger partial charge in [-0.15, -0.1) is 0 Å². The lowest BCUT2D eigenvalue weighted by Crippen LogP contribution is -1.93. The highest BCUT2D eigenvalue weighted by Gasteiger charge is 2.00. The van der Waals surface area contributed by atoms with Crippen molar-refractivity contribution in [2.75, 3.05) is 5.73 Å². The number of aliphatic carboxylic acids is 1. The fourth-order valence-corrected chi connectivity index (χ4v) is 1.37. The van der Waals surface area contributed by atoms with E-state index in [-0.39, 0.29) is 0 Å². The topological polar surface area (TPSA) is 89.1 Å². The summed E-state index contributed by atoms with van der Waals surface area (Å²) in [5.74, 6) is -0.604. The second-order valence-corrected chi connectivity index (χ2v) is 3.21. The molecule has 0 amide bonds. The van der Waals surface area contributed by atoms with E-state index in [2.05, 4.69) is 9.97 Å². The van der Waals surface area contributed by atoms with Gasteiger partial charge in [0.25, 0.3) is 0 Å². The Bertz CT molecular complexity index is 578. The first kappa shape index (κ1) is 10.1. The lowest BCUT2D eigenvalue weighted by atomic mass is 10.1. The van der Waals surface area contributed by atoms with Gasteiger partial charge in [0, 0.05) is 11.5 Å². The smallest absolute Gasteiger partial charge is 0.328 e. The van der Waals surface area contributed by atoms with E-state index in [1.54, 1.807) is 18.2 Å². The van der Waals surface area contributed by atoms with Gasteiger partial charge in [0.05, 0.1) is 5.52 Å². The molecule has 0 radical (unpaired) electrons. The van der Waals surface area contributed by atoms with Crippen LogP contribution in [0.5, 0.6) is 0 Å². The van der Waals surface area contributed by atoms with E-state index in [9.17, 15) is 4.79 Å². The van der Waals surface area contributed by atoms with Gasteiger partial charge in [-0.05, 0) is 23.8 Å². The number of aromatic nitrogens is 2. The Labute approximate surface area is 91.3 Å². The molecule has 2 rings (SSSR count). The van der Waals surface area contributed by atoms with Gasteiger partial charge in [-0.3, -0.25) is 0 Å². The molecule has 0 saturated heterocycles. The highest BCUT2D eigenvalue weighted by molar-refractivity contribution is 5.91. The predicted octanol–water partition coefficient (Wildman–Crippen LogP) is 1.31. The van der Waals surface area contributed by atoms with E-state index < -0.39 is 5.97 Å². The molecule has 16 heavy (non-hydrogen) atoms. The van der Waals surface area contributed by atoms with Gasteiger partial charge >= 0.3 is 5.97 Å². The Kier molecular flexibility index (Phi) is 2.51. The Balaban J connectivity index is 2.51. The van der Waals surface area contributed by atoms with Crippen LogP contribution in [0.1, 0.15) is 5.56 Å². The van der Waals surface area contributed by atoms with Gasteiger partial charge in [-0.2, -0.15) is 0 Å². The number of benzene rings is 1. The van der Waals surface area contributed by atoms with Crippen LogP contribution in [0.2, 0.25) is 0 Å². The number of rotatable bonds is 2. The SMILES string of the molecule is Nc1ncnc2ccc(C=CC(=O)O)cc12. The van der Waals surface area contributed by atoms with Crippen LogP contribution in [0.15, 0.2) is 30.6 Å². The Morgan fingerprint density at radius 3 is 2.94 bits per heavy atom. The molecule has 2 aromatic rings. The molecule has 80 valence electrons. The number of hydrogen-bond donors (Lipinski definition) is 2. The Morgan fingerprint density at radius 2 is 2.19 bits per heavy atom. The molecule has 0 bridgehead atoms. The first-order chi connectivity index (χ1) is 7.66. The zero-order valence-electron chi connectivity index (χ0n) is 8.29. The molecule has 1 aromatic heterocycles. The van der Waals surface area contributed by atoms with Crippen molar-refractivity contribution in [1.29, 1.82) is 0 Å². The average molecular weight is 215 g/mol. The minimum Gasteiger partial charge on any atom is -0.478 e. The standard InChI is InChI=1S/C11H9N3O2/c12-11-8-5-7(2-4-10(15)16)1-3-9(8)13-6-14-11/h1-6H,(H,15,16)(H2,12,13,14). The lowest BCUT2D eigenvalue weighted by Gasteiger charge is -2.00. The van der Waals surface area contributed by atoms with Crippen molar-refractivity contribution in [2.45, 2.75) is 0 Å². The average Bonchev–Trinajstić information content (AvgIpc) is 2.27. The molecular formula is C11H9N3O2. The van der Waals surface area contributed by atoms with Crippen molar-refractivity contribution < 1.29 is 9.90 Å². The van der Waals surface area contributed by atoms with Crippen LogP contribution in [0, 0.1) is 0 Å². The monoisotopic (exact) mass is 215 g/mol. The molecule has 0 atom stereocenters. The maximum absolute atomic E-state index is 10.4. The summed E-state index contributed by atoms with van der Waals surface area (Å²) < 4.78 is 0. The molecule has 3 N–H and O–H groups in total. The summed E-state index contributed by atoms with van der Waals surface area (Å²) in [7, 11) is 0. The van der Waals surface area contributed by atoms with Gasteiger partial charge in [-0.25, -0.2) is 14.8 Å². The summed E-state index contributed by atoms with van der Waals surface area (Å²) >= 11 is 0. The van der Waals surface area contributed by atoms with E-state index >= 15 is 0 Å². The van der Waals surface area contributed by atoms with Gasteiger partial charge in [0.1, 0.15) is 12.1 Å². The summed E-state index contributed by atoms with van der Waals surface area (Å²) in [5, 5.41) is 9.22. The molecule has 0 saturated carbocycles. The largest absolute Gasteiger partial charge is 0.478 e. The van der Waals surface area contributed by atoms with E-state index in [4.69, 9.17) is 10.8 Å². The van der Waals surface area contributed by atoms with Crippen LogP contribution >= 0.6 is 0 Å². The molecule has 0 aliphatic heterocycles. The number of anilines is 1. The maximum Gasteiger partial charge on any atom is 0.328 e. The number of nitrogen functional groups attached to an aromatic ring is 1. The summed E-state index contributed by atoms with van der Waals surface area (Å²) in [6.07, 6.45) is 3.96. The van der Waals surface area contributed by atoms with Crippen LogP contribution in [-0.2, 0) is 4.79 Å². The summed E-state index contributed by atoms with van der Waals surface area (Å²) in [5.41, 5.74) is 7.17. The fraction of sp³-hybridized carbons (Fsp3) is 0. The fourth-order valence-electron chi connectivity index (χ4n) is 1.37. The van der Waals surface area contributed by atoms with Crippen LogP contribution < -0.4 is 5.73 Å². The number of hydrogen-bond acceptors (Lipinski definition) is 4. The van der Waals surface area contributed by atoms with Crippen molar-refractivity contribution >= 4 is 28.8 Å². The molecule has 1 heterocycles. The Hall–Kier alpha value is -2.43. The molecule has 0 aliphatic rings. The van der Waals surface area contributed by atoms with Crippen molar-refractivity contribution in [1.82, 2.24) is 9.97 Å². The van der Waals surface area contributed by atoms with Crippen LogP contribution in [0.4, 0.5) is 5.82 Å². The molecule has 0 fully saturated rings. The normalized spacial score (nSPS) is 11.0. The molecule has 0 unspecified atom stereocenters. The summed E-state index contributed by atoms with van der Waals surface area (Å²) in [6.45, 7) is 0. The van der Waals surface area contributed by atoms with Crippen LogP contribution in [-0.4, -0.2) is 21.0 Å². The first-order valence-electron chi connectivity index (χ1n) is 4.58. The second kappa shape index (κ2) is 3.98. The quantitative estimate of drug-likeness (QED) is 0.737. The third kappa shape index (κ3) is 1.98. The van der Waals surface area contributed by atoms with Crippen LogP contribution in [0.3, 0.4) is 0 Å². The predicted molar refractivity (Wildman–Crippen MR) is 60.6 cm³/mol. The van der Waals surface area contributed by atoms with Crippen molar-refractivity contribution in [3.63, 3.8) is 0 Å². The first-order valence-corrected chi connectivity index (χ1v) is 4.58. The minimum absolute atomic E-state index is 0.385. The van der Waals surface area contributed by atoms with E-state index in [0.29, 0.717) is 5.82 Å². The molecule has 5 heteroatoms. The molecule has 5 nitrogen and oxygen atoms in total. The molecule has 0 spiro atoms. The number of nitrogens with zero attached hydrogens (tertiary/aromatic N) is 2. The Morgan fingerprint density at radius 1 is 1.38 bits per heavy atom. The third-order valence-corrected chi connectivity index (χ3v) is 2.11.